The summed E-state index contributed by atoms with van der Waals surface area (Å²) in [5, 5.41) is 1.43. The zero-order chi connectivity index (χ0) is 29.9. The topological polar surface area (TPSA) is 125 Å². The molecule has 0 saturated heterocycles. The predicted molar refractivity (Wildman–Crippen MR) is 166 cm³/mol. The number of nitrogens with zero attached hydrogens (tertiary/aromatic N) is 2. The highest BCUT2D eigenvalue weighted by atomic mass is 35.5. The number of rotatable bonds is 12. The Morgan fingerprint density at radius 1 is 0.857 bits per heavy atom. The molecular weight excluding hydrogens is 620 g/mol. The van der Waals surface area contributed by atoms with E-state index in [0.29, 0.717) is 49.0 Å². The van der Waals surface area contributed by atoms with Crippen molar-refractivity contribution in [3.8, 4) is 16.9 Å². The van der Waals surface area contributed by atoms with Crippen molar-refractivity contribution in [2.75, 3.05) is 23.0 Å². The first-order valence-corrected chi connectivity index (χ1v) is 17.8. The highest BCUT2D eigenvalue weighted by molar-refractivity contribution is 7.86. The Balaban J connectivity index is 1.50. The van der Waals surface area contributed by atoms with E-state index in [1.807, 2.05) is 77.7 Å². The van der Waals surface area contributed by atoms with Gasteiger partial charge in [-0.15, -0.1) is 0 Å². The van der Waals surface area contributed by atoms with Crippen LogP contribution in [-0.2, 0) is 26.8 Å². The van der Waals surface area contributed by atoms with Crippen LogP contribution >= 0.6 is 22.9 Å². The fourth-order valence-corrected chi connectivity index (χ4v) is 7.27. The molecule has 1 aromatic heterocycles. The molecule has 0 atom stereocenters. The summed E-state index contributed by atoms with van der Waals surface area (Å²) in [4.78, 5) is 2.01. The molecule has 2 heterocycles. The van der Waals surface area contributed by atoms with Crippen molar-refractivity contribution in [2.24, 2.45) is 0 Å². The van der Waals surface area contributed by atoms with Gasteiger partial charge in [0.25, 0.3) is 25.2 Å². The summed E-state index contributed by atoms with van der Waals surface area (Å²) in [5.41, 5.74) is 3.80. The van der Waals surface area contributed by atoms with Gasteiger partial charge in [0.2, 0.25) is 11.4 Å². The van der Waals surface area contributed by atoms with Crippen LogP contribution in [0.15, 0.2) is 72.6 Å². The molecule has 0 radical (unpaired) electrons. The van der Waals surface area contributed by atoms with Crippen LogP contribution in [0.1, 0.15) is 30.7 Å². The number of ether oxygens (including phenoxy) is 1. The quantitative estimate of drug-likeness (QED) is 0.108. The molecule has 0 saturated carbocycles. The smallest absolute Gasteiger partial charge is 0.268 e. The van der Waals surface area contributed by atoms with Gasteiger partial charge in [-0.3, -0.25) is 9.11 Å². The minimum atomic E-state index is -4.06. The number of benzene rings is 3. The molecule has 5 rings (SSSR count). The number of aromatic nitrogens is 1. The second-order valence-electron chi connectivity index (χ2n) is 9.98. The number of hydrogen-bond donors (Lipinski definition) is 2. The Hall–Kier alpha value is -3.00. The monoisotopic (exact) mass is 649 g/mol. The van der Waals surface area contributed by atoms with Crippen molar-refractivity contribution in [2.45, 2.75) is 32.2 Å². The lowest BCUT2D eigenvalue weighted by Gasteiger charge is -2.18. The molecule has 42 heavy (non-hydrogen) atoms. The predicted octanol–water partition coefficient (Wildman–Crippen LogP) is 6.04. The first-order chi connectivity index (χ1) is 20.0. The van der Waals surface area contributed by atoms with Crippen molar-refractivity contribution >= 4 is 65.2 Å². The van der Waals surface area contributed by atoms with Crippen molar-refractivity contribution in [1.29, 1.82) is 0 Å². The minimum Gasteiger partial charge on any atom is -0.438 e. The van der Waals surface area contributed by atoms with Gasteiger partial charge in [-0.2, -0.15) is 21.4 Å². The molecule has 0 amide bonds. The molecule has 0 unspecified atom stereocenters. The lowest BCUT2D eigenvalue weighted by Crippen LogP contribution is -2.35. The summed E-state index contributed by atoms with van der Waals surface area (Å²) >= 11 is 7.85. The zero-order valence-corrected chi connectivity index (χ0v) is 25.7. The maximum Gasteiger partial charge on any atom is 0.268 e. The van der Waals surface area contributed by atoms with E-state index in [9.17, 15) is 21.4 Å². The Labute approximate surface area is 254 Å². The number of unbranched alkanes of at least 4 members (excludes halogenated alkanes) is 2. The molecule has 0 aliphatic carbocycles. The summed E-state index contributed by atoms with van der Waals surface area (Å²) in [6, 6.07) is 21.5. The van der Waals surface area contributed by atoms with Gasteiger partial charge in [-0.25, -0.2) is 0 Å². The summed E-state index contributed by atoms with van der Waals surface area (Å²) < 4.78 is 72.7. The Morgan fingerprint density at radius 2 is 1.57 bits per heavy atom. The molecule has 4 aromatic rings. The van der Waals surface area contributed by atoms with Crippen LogP contribution in [0.2, 0.25) is 5.02 Å². The van der Waals surface area contributed by atoms with E-state index < -0.39 is 20.2 Å². The molecule has 0 bridgehead atoms. The van der Waals surface area contributed by atoms with Gasteiger partial charge in [0.05, 0.1) is 23.3 Å². The van der Waals surface area contributed by atoms with Crippen LogP contribution < -0.4 is 14.2 Å². The van der Waals surface area contributed by atoms with E-state index in [1.165, 1.54) is 11.3 Å². The molecule has 13 heteroatoms. The SMILES string of the molecule is O=S(=O)(O)CCCCN1C(=Cc2sc3ccc(Cl)cc3[n+]2CCCCS(=O)(=O)O)Oc2ccc(-c3ccccc3)cc21. The van der Waals surface area contributed by atoms with Crippen molar-refractivity contribution in [3.63, 3.8) is 0 Å². The van der Waals surface area contributed by atoms with Crippen LogP contribution in [0.3, 0.4) is 0 Å². The van der Waals surface area contributed by atoms with E-state index >= 15 is 0 Å². The largest absolute Gasteiger partial charge is 0.438 e. The van der Waals surface area contributed by atoms with E-state index in [1.54, 1.807) is 0 Å². The van der Waals surface area contributed by atoms with Crippen LogP contribution in [-0.4, -0.2) is 44.0 Å². The van der Waals surface area contributed by atoms with E-state index in [0.717, 1.165) is 32.0 Å². The van der Waals surface area contributed by atoms with Gasteiger partial charge < -0.3 is 9.64 Å². The minimum absolute atomic E-state index is 0.283. The van der Waals surface area contributed by atoms with E-state index in [4.69, 9.17) is 20.9 Å². The maximum atomic E-state index is 11.3. The Morgan fingerprint density at radius 3 is 2.29 bits per heavy atom. The molecule has 9 nitrogen and oxygen atoms in total. The van der Waals surface area contributed by atoms with Crippen LogP contribution in [0.4, 0.5) is 5.69 Å². The Kier molecular flexibility index (Phi) is 9.21. The van der Waals surface area contributed by atoms with Crippen molar-refractivity contribution in [3.05, 3.63) is 82.6 Å². The highest BCUT2D eigenvalue weighted by Crippen LogP contribution is 2.42. The molecule has 3 aromatic carbocycles. The van der Waals surface area contributed by atoms with Gasteiger partial charge >= 0.3 is 0 Å². The molecule has 0 fully saturated rings. The third-order valence-corrected chi connectivity index (χ3v) is 9.80. The fourth-order valence-electron chi connectivity index (χ4n) is 4.88. The maximum absolute atomic E-state index is 11.3. The molecule has 0 spiro atoms. The number of hydrogen-bond acceptors (Lipinski definition) is 7. The molecule has 1 aliphatic rings. The number of aryl methyl sites for hydroxylation is 1. The first-order valence-electron chi connectivity index (χ1n) is 13.4. The van der Waals surface area contributed by atoms with Crippen LogP contribution in [0, 0.1) is 0 Å². The highest BCUT2D eigenvalue weighted by Gasteiger charge is 2.29. The number of fused-ring (bicyclic) bond motifs is 2. The molecule has 2 N–H and O–H groups in total. The van der Waals surface area contributed by atoms with Gasteiger partial charge in [-0.05, 0) is 54.7 Å². The second kappa shape index (κ2) is 12.7. The van der Waals surface area contributed by atoms with Crippen molar-refractivity contribution < 1.29 is 35.2 Å². The average molecular weight is 650 g/mol. The molecule has 1 aliphatic heterocycles. The van der Waals surface area contributed by atoms with Gasteiger partial charge in [0, 0.05) is 24.1 Å². The van der Waals surface area contributed by atoms with Crippen LogP contribution in [0.5, 0.6) is 5.75 Å². The van der Waals surface area contributed by atoms with Crippen LogP contribution in [0.25, 0.3) is 27.4 Å². The summed E-state index contributed by atoms with van der Waals surface area (Å²) in [6.45, 7) is 0.951. The summed E-state index contributed by atoms with van der Waals surface area (Å²) in [6.07, 6.45) is 3.51. The third-order valence-electron chi connectivity index (χ3n) is 6.84. The normalized spacial score (nSPS) is 14.5. The van der Waals surface area contributed by atoms with Gasteiger partial charge in [0.1, 0.15) is 4.70 Å². The average Bonchev–Trinajstić information content (AvgIpc) is 3.44. The molecular formula is C29H30ClN2O7S3+. The van der Waals surface area contributed by atoms with Gasteiger partial charge in [0.15, 0.2) is 12.3 Å². The number of thiazole rings is 1. The van der Waals surface area contributed by atoms with Gasteiger partial charge in [-0.1, -0.05) is 59.3 Å². The second-order valence-corrected chi connectivity index (χ2v) is 14.6. The van der Waals surface area contributed by atoms with E-state index in [-0.39, 0.29) is 17.9 Å². The third kappa shape index (κ3) is 7.68. The number of halogens is 1. The number of anilines is 1. The lowest BCUT2D eigenvalue weighted by atomic mass is 10.0. The first kappa shape index (κ1) is 30.5. The summed E-state index contributed by atoms with van der Waals surface area (Å²) in [7, 11) is -8.10. The zero-order valence-electron chi connectivity index (χ0n) is 22.5. The van der Waals surface area contributed by atoms with E-state index in [2.05, 4.69) is 4.57 Å². The summed E-state index contributed by atoms with van der Waals surface area (Å²) in [5.74, 6) is 0.593. The Bertz CT molecular complexity index is 1840. The standard InChI is InChI=1S/C29H29ClN2O7S3/c30-23-11-13-27-25(19-23)32(15-5-7-17-42(36,37)38)29(40-27)20-28-31(14-4-6-16-41(33,34)35)24-18-22(10-12-26(24)39-28)21-8-2-1-3-9-21/h1-3,8-13,18-20H,4-7,14-17H2,(H-,33,34,35,36,37,38)/p+1. The fraction of sp³-hybridized carbons (Fsp3) is 0.276. The lowest BCUT2D eigenvalue weighted by molar-refractivity contribution is -0.669. The van der Waals surface area contributed by atoms with Crippen molar-refractivity contribution in [1.82, 2.24) is 0 Å². The molecule has 222 valence electrons.